The van der Waals surface area contributed by atoms with Crippen molar-refractivity contribution < 1.29 is 9.47 Å². The van der Waals surface area contributed by atoms with Crippen LogP contribution in [-0.4, -0.2) is 87.4 Å². The molecule has 1 aromatic carbocycles. The van der Waals surface area contributed by atoms with Crippen LogP contribution in [0.3, 0.4) is 0 Å². The number of aliphatic imine (C=N–C) groups is 1. The van der Waals surface area contributed by atoms with Gasteiger partial charge in [0.1, 0.15) is 5.75 Å². The third kappa shape index (κ3) is 6.82. The van der Waals surface area contributed by atoms with Crippen molar-refractivity contribution in [3.05, 3.63) is 29.8 Å². The van der Waals surface area contributed by atoms with E-state index in [1.165, 1.54) is 18.4 Å². The molecule has 0 aromatic heterocycles. The number of rotatable bonds is 9. The van der Waals surface area contributed by atoms with Gasteiger partial charge in [-0.15, -0.1) is 0 Å². The van der Waals surface area contributed by atoms with Gasteiger partial charge in [0.15, 0.2) is 5.96 Å². The summed E-state index contributed by atoms with van der Waals surface area (Å²) >= 11 is 0. The average molecular weight is 432 g/mol. The minimum absolute atomic E-state index is 0.304. The van der Waals surface area contributed by atoms with E-state index in [1.54, 1.807) is 7.11 Å². The first kappa shape index (κ1) is 23.8. The molecular formula is C24H41N5O2. The molecule has 0 amide bonds. The molecule has 2 N–H and O–H groups in total. The monoisotopic (exact) mass is 431 g/mol. The number of nitrogens with zero attached hydrogens (tertiary/aromatic N) is 3. The van der Waals surface area contributed by atoms with E-state index in [2.05, 4.69) is 59.4 Å². The van der Waals surface area contributed by atoms with Gasteiger partial charge in [0.2, 0.25) is 0 Å². The van der Waals surface area contributed by atoms with Crippen molar-refractivity contribution in [1.29, 1.82) is 0 Å². The number of ether oxygens (including phenoxy) is 2. The van der Waals surface area contributed by atoms with Crippen molar-refractivity contribution in [1.82, 2.24) is 20.4 Å². The van der Waals surface area contributed by atoms with Crippen molar-refractivity contribution >= 4 is 5.96 Å². The first-order valence-corrected chi connectivity index (χ1v) is 11.9. The lowest BCUT2D eigenvalue weighted by Crippen LogP contribution is -2.50. The standard InChI is InChI=1S/C24H41N5O2/c1-5-25-24(26-16-19(2)29-13-14-31-18-20(29)3)27-17-23(28-11-6-7-12-28)21-9-8-10-22(15-21)30-4/h8-10,15,19-20,23H,5-7,11-14,16-18H2,1-4H3,(H2,25,26,27). The molecule has 3 unspecified atom stereocenters. The molecule has 2 aliphatic rings. The van der Waals surface area contributed by atoms with E-state index < -0.39 is 0 Å². The smallest absolute Gasteiger partial charge is 0.191 e. The highest BCUT2D eigenvalue weighted by atomic mass is 16.5. The second-order valence-electron chi connectivity index (χ2n) is 8.65. The number of likely N-dealkylation sites (tertiary alicyclic amines) is 1. The molecule has 0 saturated carbocycles. The van der Waals surface area contributed by atoms with Gasteiger partial charge in [-0.3, -0.25) is 14.8 Å². The summed E-state index contributed by atoms with van der Waals surface area (Å²) in [6.07, 6.45) is 2.54. The van der Waals surface area contributed by atoms with E-state index in [1.807, 2.05) is 6.07 Å². The molecule has 0 radical (unpaired) electrons. The average Bonchev–Trinajstić information content (AvgIpc) is 3.32. The number of benzene rings is 1. The zero-order chi connectivity index (χ0) is 22.1. The van der Waals surface area contributed by atoms with Crippen LogP contribution in [0.15, 0.2) is 29.3 Å². The summed E-state index contributed by atoms with van der Waals surface area (Å²) in [4.78, 5) is 9.99. The molecule has 174 valence electrons. The molecule has 31 heavy (non-hydrogen) atoms. The minimum atomic E-state index is 0.304. The van der Waals surface area contributed by atoms with E-state index in [4.69, 9.17) is 14.5 Å². The highest BCUT2D eigenvalue weighted by Crippen LogP contribution is 2.27. The van der Waals surface area contributed by atoms with Crippen LogP contribution in [0.5, 0.6) is 5.75 Å². The Bertz CT molecular complexity index is 692. The highest BCUT2D eigenvalue weighted by Gasteiger charge is 2.25. The lowest BCUT2D eigenvalue weighted by atomic mass is 10.1. The summed E-state index contributed by atoms with van der Waals surface area (Å²) in [6, 6.07) is 9.61. The molecular weight excluding hydrogens is 390 g/mol. The number of nitrogens with one attached hydrogen (secondary N) is 2. The van der Waals surface area contributed by atoms with Gasteiger partial charge < -0.3 is 20.1 Å². The number of morpholine rings is 1. The summed E-state index contributed by atoms with van der Waals surface area (Å²) < 4.78 is 11.1. The Morgan fingerprint density at radius 1 is 1.26 bits per heavy atom. The molecule has 1 aromatic rings. The summed E-state index contributed by atoms with van der Waals surface area (Å²) in [5.74, 6) is 1.80. The Morgan fingerprint density at radius 3 is 2.77 bits per heavy atom. The van der Waals surface area contributed by atoms with E-state index >= 15 is 0 Å². The lowest BCUT2D eigenvalue weighted by Gasteiger charge is -2.37. The van der Waals surface area contributed by atoms with Crippen molar-refractivity contribution in [2.75, 3.05) is 59.6 Å². The largest absolute Gasteiger partial charge is 0.497 e. The summed E-state index contributed by atoms with van der Waals surface area (Å²) in [7, 11) is 1.73. The fraction of sp³-hybridized carbons (Fsp3) is 0.708. The topological polar surface area (TPSA) is 61.4 Å². The third-order valence-corrected chi connectivity index (χ3v) is 6.37. The van der Waals surface area contributed by atoms with Crippen molar-refractivity contribution in [2.45, 2.75) is 51.7 Å². The Labute approximate surface area is 188 Å². The van der Waals surface area contributed by atoms with Crippen molar-refractivity contribution in [3.63, 3.8) is 0 Å². The van der Waals surface area contributed by atoms with Crippen LogP contribution in [0, 0.1) is 0 Å². The number of methoxy groups -OCH3 is 1. The molecule has 2 fully saturated rings. The predicted molar refractivity (Wildman–Crippen MR) is 127 cm³/mol. The van der Waals surface area contributed by atoms with Crippen molar-refractivity contribution in [2.24, 2.45) is 4.99 Å². The van der Waals surface area contributed by atoms with Crippen LogP contribution in [0.4, 0.5) is 0 Å². The van der Waals surface area contributed by atoms with E-state index in [0.29, 0.717) is 18.1 Å². The van der Waals surface area contributed by atoms with Gasteiger partial charge in [-0.05, 0) is 64.4 Å². The maximum Gasteiger partial charge on any atom is 0.191 e. The minimum Gasteiger partial charge on any atom is -0.497 e. The first-order chi connectivity index (χ1) is 15.1. The molecule has 2 aliphatic heterocycles. The Hall–Kier alpha value is -1.83. The fourth-order valence-electron chi connectivity index (χ4n) is 4.62. The van der Waals surface area contributed by atoms with Gasteiger partial charge in [-0.25, -0.2) is 0 Å². The van der Waals surface area contributed by atoms with Crippen LogP contribution in [0.25, 0.3) is 0 Å². The highest BCUT2D eigenvalue weighted by molar-refractivity contribution is 5.79. The molecule has 2 saturated heterocycles. The van der Waals surface area contributed by atoms with E-state index in [0.717, 1.165) is 64.2 Å². The van der Waals surface area contributed by atoms with Gasteiger partial charge >= 0.3 is 0 Å². The Morgan fingerprint density at radius 2 is 2.06 bits per heavy atom. The SMILES string of the molecule is CCNC(=NCC(C)N1CCOCC1C)NCC(c1cccc(OC)c1)N1CCCC1. The van der Waals surface area contributed by atoms with Gasteiger partial charge in [-0.1, -0.05) is 12.1 Å². The second kappa shape index (κ2) is 12.3. The summed E-state index contributed by atoms with van der Waals surface area (Å²) in [5, 5.41) is 7.04. The maximum atomic E-state index is 5.58. The predicted octanol–water partition coefficient (Wildman–Crippen LogP) is 2.50. The van der Waals surface area contributed by atoms with Gasteiger partial charge in [-0.2, -0.15) is 0 Å². The Kier molecular flexibility index (Phi) is 9.43. The molecule has 0 spiro atoms. The number of hydrogen-bond acceptors (Lipinski definition) is 5. The number of guanidine groups is 1. The van der Waals surface area contributed by atoms with Gasteiger partial charge in [0.05, 0.1) is 32.9 Å². The molecule has 7 nitrogen and oxygen atoms in total. The summed E-state index contributed by atoms with van der Waals surface area (Å²) in [5.41, 5.74) is 1.29. The second-order valence-corrected chi connectivity index (χ2v) is 8.65. The normalized spacial score (nSPS) is 22.8. The molecule has 0 bridgehead atoms. The molecule has 3 atom stereocenters. The van der Waals surface area contributed by atoms with Crippen LogP contribution in [0.2, 0.25) is 0 Å². The van der Waals surface area contributed by atoms with Crippen molar-refractivity contribution in [3.8, 4) is 5.75 Å². The zero-order valence-corrected chi connectivity index (χ0v) is 19.8. The van der Waals surface area contributed by atoms with Gasteiger partial charge in [0, 0.05) is 31.7 Å². The first-order valence-electron chi connectivity index (χ1n) is 11.9. The fourth-order valence-corrected chi connectivity index (χ4v) is 4.62. The van der Waals surface area contributed by atoms with Crippen LogP contribution < -0.4 is 15.4 Å². The van der Waals surface area contributed by atoms with E-state index in [9.17, 15) is 0 Å². The third-order valence-electron chi connectivity index (χ3n) is 6.37. The van der Waals surface area contributed by atoms with Crippen LogP contribution >= 0.6 is 0 Å². The molecule has 3 rings (SSSR count). The van der Waals surface area contributed by atoms with Crippen LogP contribution in [0.1, 0.15) is 45.2 Å². The van der Waals surface area contributed by atoms with Crippen LogP contribution in [-0.2, 0) is 4.74 Å². The maximum absolute atomic E-state index is 5.58. The Balaban J connectivity index is 1.65. The number of hydrogen-bond donors (Lipinski definition) is 2. The van der Waals surface area contributed by atoms with Gasteiger partial charge in [0.25, 0.3) is 0 Å². The zero-order valence-electron chi connectivity index (χ0n) is 19.8. The molecule has 0 aliphatic carbocycles. The lowest BCUT2D eigenvalue weighted by molar-refractivity contribution is -0.0165. The molecule has 7 heteroatoms. The molecule has 2 heterocycles. The van der Waals surface area contributed by atoms with E-state index in [-0.39, 0.29) is 0 Å². The summed E-state index contributed by atoms with van der Waals surface area (Å²) in [6.45, 7) is 13.9. The quantitative estimate of drug-likeness (QED) is 0.463.